The van der Waals surface area contributed by atoms with Crippen LogP contribution in [0.4, 0.5) is 10.8 Å². The van der Waals surface area contributed by atoms with Crippen LogP contribution in [0.2, 0.25) is 0 Å². The van der Waals surface area contributed by atoms with Gasteiger partial charge in [0.25, 0.3) is 0 Å². The predicted octanol–water partition coefficient (Wildman–Crippen LogP) is 5.39. The van der Waals surface area contributed by atoms with Crippen LogP contribution in [-0.4, -0.2) is 14.7 Å². The first kappa shape index (κ1) is 13.9. The van der Waals surface area contributed by atoms with Crippen molar-refractivity contribution in [2.45, 2.75) is 13.5 Å². The largest absolute Gasteiger partial charge is 0.493 e. The predicted molar refractivity (Wildman–Crippen MR) is 93.1 cm³/mol. The maximum atomic E-state index is 10.4. The summed E-state index contributed by atoms with van der Waals surface area (Å²) in [4.78, 5) is 4.43. The third kappa shape index (κ3) is 2.27. The average molecular weight is 322 g/mol. The zero-order chi connectivity index (χ0) is 15.8. The molecule has 2 heterocycles. The van der Waals surface area contributed by atoms with Crippen LogP contribution in [0, 0.1) is 0 Å². The quantitative estimate of drug-likeness (QED) is 0.514. The molecule has 0 saturated heterocycles. The van der Waals surface area contributed by atoms with Crippen molar-refractivity contribution >= 4 is 43.3 Å². The summed E-state index contributed by atoms with van der Waals surface area (Å²) in [6.45, 7) is 2.66. The van der Waals surface area contributed by atoms with Crippen molar-refractivity contribution in [1.29, 1.82) is 0 Å². The van der Waals surface area contributed by atoms with Crippen molar-refractivity contribution in [2.75, 3.05) is 0 Å². The molecule has 0 fully saturated rings. The molecule has 0 aliphatic carbocycles. The molecule has 0 amide bonds. The van der Waals surface area contributed by atoms with Crippen molar-refractivity contribution in [3.63, 3.8) is 0 Å². The maximum absolute atomic E-state index is 10.4. The SMILES string of the molecule is CCn1c(O)c(N=Nc2nc3ccccc3s2)c2ccccc21. The second-order valence-electron chi connectivity index (χ2n) is 5.10. The third-order valence-corrected chi connectivity index (χ3v) is 4.67. The van der Waals surface area contributed by atoms with Crippen LogP contribution < -0.4 is 0 Å². The minimum absolute atomic E-state index is 0.138. The molecule has 0 spiro atoms. The number of azo groups is 1. The summed E-state index contributed by atoms with van der Waals surface area (Å²) in [5.74, 6) is 0.138. The van der Waals surface area contributed by atoms with Gasteiger partial charge < -0.3 is 9.67 Å². The Balaban J connectivity index is 1.81. The number of rotatable bonds is 3. The number of hydrogen-bond acceptors (Lipinski definition) is 5. The molecular formula is C17H14N4OS. The summed E-state index contributed by atoms with van der Waals surface area (Å²) < 4.78 is 2.89. The molecule has 0 unspecified atom stereocenters. The van der Waals surface area contributed by atoms with E-state index in [-0.39, 0.29) is 5.88 Å². The van der Waals surface area contributed by atoms with E-state index in [0.29, 0.717) is 17.4 Å². The number of para-hydroxylation sites is 2. The lowest BCUT2D eigenvalue weighted by atomic mass is 10.2. The molecule has 2 aromatic carbocycles. The van der Waals surface area contributed by atoms with E-state index in [1.807, 2.05) is 60.0 Å². The van der Waals surface area contributed by atoms with Crippen molar-refractivity contribution < 1.29 is 5.11 Å². The number of hydrogen-bond donors (Lipinski definition) is 1. The fourth-order valence-corrected chi connectivity index (χ4v) is 3.47. The van der Waals surface area contributed by atoms with E-state index in [1.54, 1.807) is 0 Å². The number of aromatic nitrogens is 2. The summed E-state index contributed by atoms with van der Waals surface area (Å²) in [7, 11) is 0. The van der Waals surface area contributed by atoms with Gasteiger partial charge in [-0.3, -0.25) is 0 Å². The normalized spacial score (nSPS) is 11.9. The Bertz CT molecular complexity index is 999. The fourth-order valence-electron chi connectivity index (χ4n) is 2.69. The van der Waals surface area contributed by atoms with E-state index in [1.165, 1.54) is 11.3 Å². The summed E-state index contributed by atoms with van der Waals surface area (Å²) in [5.41, 5.74) is 2.35. The second-order valence-corrected chi connectivity index (χ2v) is 6.11. The summed E-state index contributed by atoms with van der Waals surface area (Å²) in [5, 5.41) is 20.4. The average Bonchev–Trinajstić information content (AvgIpc) is 3.10. The van der Waals surface area contributed by atoms with Crippen LogP contribution >= 0.6 is 11.3 Å². The zero-order valence-electron chi connectivity index (χ0n) is 12.5. The zero-order valence-corrected chi connectivity index (χ0v) is 13.3. The number of thiazole rings is 1. The lowest BCUT2D eigenvalue weighted by molar-refractivity contribution is 0.427. The highest BCUT2D eigenvalue weighted by Crippen LogP contribution is 2.39. The van der Waals surface area contributed by atoms with Gasteiger partial charge in [0.1, 0.15) is 0 Å². The van der Waals surface area contributed by atoms with Gasteiger partial charge in [0.15, 0.2) is 5.69 Å². The highest BCUT2D eigenvalue weighted by molar-refractivity contribution is 7.21. The van der Waals surface area contributed by atoms with Gasteiger partial charge in [-0.25, -0.2) is 4.98 Å². The van der Waals surface area contributed by atoms with Crippen LogP contribution in [0.3, 0.4) is 0 Å². The van der Waals surface area contributed by atoms with Crippen LogP contribution in [0.15, 0.2) is 58.8 Å². The Morgan fingerprint density at radius 2 is 1.87 bits per heavy atom. The van der Waals surface area contributed by atoms with Crippen LogP contribution in [0.1, 0.15) is 6.92 Å². The number of aromatic hydroxyl groups is 1. The standard InChI is InChI=1S/C17H14N4OS/c1-2-21-13-9-5-3-7-11(13)15(16(21)22)19-20-17-18-12-8-4-6-10-14(12)23-17/h3-10,22H,2H2,1H3. The number of nitrogens with zero attached hydrogens (tertiary/aromatic N) is 4. The smallest absolute Gasteiger partial charge is 0.231 e. The molecule has 2 aromatic heterocycles. The lowest BCUT2D eigenvalue weighted by Gasteiger charge is -2.00. The minimum Gasteiger partial charge on any atom is -0.493 e. The Labute approximate surface area is 136 Å². The van der Waals surface area contributed by atoms with Gasteiger partial charge in [-0.1, -0.05) is 41.7 Å². The van der Waals surface area contributed by atoms with Gasteiger partial charge in [-0.15, -0.1) is 10.2 Å². The highest BCUT2D eigenvalue weighted by atomic mass is 32.1. The minimum atomic E-state index is 0.138. The van der Waals surface area contributed by atoms with Gasteiger partial charge in [0.05, 0.1) is 15.7 Å². The van der Waals surface area contributed by atoms with Crippen LogP contribution in [-0.2, 0) is 6.54 Å². The second kappa shape index (κ2) is 5.48. The first-order valence-electron chi connectivity index (χ1n) is 7.35. The van der Waals surface area contributed by atoms with E-state index < -0.39 is 0 Å². The molecule has 0 bridgehead atoms. The molecule has 0 aliphatic heterocycles. The molecule has 23 heavy (non-hydrogen) atoms. The number of aryl methyl sites for hydroxylation is 1. The van der Waals surface area contributed by atoms with Crippen LogP contribution in [0.5, 0.6) is 5.88 Å². The molecule has 4 aromatic rings. The topological polar surface area (TPSA) is 62.8 Å². The van der Waals surface area contributed by atoms with E-state index in [4.69, 9.17) is 0 Å². The third-order valence-electron chi connectivity index (χ3n) is 3.75. The fraction of sp³-hybridized carbons (Fsp3) is 0.118. The first-order chi connectivity index (χ1) is 11.3. The van der Waals surface area contributed by atoms with E-state index in [9.17, 15) is 5.11 Å². The number of benzene rings is 2. The van der Waals surface area contributed by atoms with E-state index in [2.05, 4.69) is 15.2 Å². The molecule has 0 atom stereocenters. The van der Waals surface area contributed by atoms with Crippen molar-refractivity contribution in [3.05, 3.63) is 48.5 Å². The summed E-state index contributed by atoms with van der Waals surface area (Å²) in [6.07, 6.45) is 0. The van der Waals surface area contributed by atoms with Crippen molar-refractivity contribution in [1.82, 2.24) is 9.55 Å². The van der Waals surface area contributed by atoms with E-state index >= 15 is 0 Å². The maximum Gasteiger partial charge on any atom is 0.231 e. The Kier molecular flexibility index (Phi) is 3.31. The summed E-state index contributed by atoms with van der Waals surface area (Å²) in [6, 6.07) is 15.7. The van der Waals surface area contributed by atoms with Crippen LogP contribution in [0.25, 0.3) is 21.1 Å². The van der Waals surface area contributed by atoms with Gasteiger partial charge >= 0.3 is 0 Å². The Hall–Kier alpha value is -2.73. The molecule has 114 valence electrons. The van der Waals surface area contributed by atoms with Gasteiger partial charge in [-0.05, 0) is 25.1 Å². The molecule has 0 saturated carbocycles. The molecule has 5 nitrogen and oxygen atoms in total. The molecule has 0 aliphatic rings. The van der Waals surface area contributed by atoms with Crippen molar-refractivity contribution in [3.8, 4) is 5.88 Å². The first-order valence-corrected chi connectivity index (χ1v) is 8.17. The Morgan fingerprint density at radius 1 is 1.09 bits per heavy atom. The van der Waals surface area contributed by atoms with Gasteiger partial charge in [0, 0.05) is 11.9 Å². The molecular weight excluding hydrogens is 308 g/mol. The number of fused-ring (bicyclic) bond motifs is 2. The van der Waals surface area contributed by atoms with E-state index in [0.717, 1.165) is 21.1 Å². The summed E-state index contributed by atoms with van der Waals surface area (Å²) >= 11 is 1.48. The molecule has 1 N–H and O–H groups in total. The highest BCUT2D eigenvalue weighted by Gasteiger charge is 2.15. The monoisotopic (exact) mass is 322 g/mol. The molecule has 6 heteroatoms. The van der Waals surface area contributed by atoms with Gasteiger partial charge in [-0.2, -0.15) is 0 Å². The lowest BCUT2D eigenvalue weighted by Crippen LogP contribution is -1.91. The molecule has 4 rings (SSSR count). The Morgan fingerprint density at radius 3 is 2.70 bits per heavy atom. The van der Waals surface area contributed by atoms with Gasteiger partial charge in [0.2, 0.25) is 11.0 Å². The molecule has 0 radical (unpaired) electrons. The van der Waals surface area contributed by atoms with Crippen molar-refractivity contribution in [2.24, 2.45) is 10.2 Å².